The van der Waals surface area contributed by atoms with E-state index in [9.17, 15) is 9.59 Å². The second kappa shape index (κ2) is 6.37. The van der Waals surface area contributed by atoms with E-state index >= 15 is 0 Å². The molecule has 2 fully saturated rings. The SMILES string of the molecule is CCC1(C(=O)NCCC(=O)N2CCCC2)CCNC1. The molecule has 19 heavy (non-hydrogen) atoms. The molecule has 5 heteroatoms. The molecule has 2 aliphatic heterocycles. The van der Waals surface area contributed by atoms with Crippen LogP contribution >= 0.6 is 0 Å². The molecule has 0 saturated carbocycles. The van der Waals surface area contributed by atoms with Gasteiger partial charge in [-0.3, -0.25) is 9.59 Å². The summed E-state index contributed by atoms with van der Waals surface area (Å²) in [4.78, 5) is 26.0. The van der Waals surface area contributed by atoms with Crippen molar-refractivity contribution in [1.29, 1.82) is 0 Å². The van der Waals surface area contributed by atoms with Crippen molar-refractivity contribution in [3.05, 3.63) is 0 Å². The van der Waals surface area contributed by atoms with Crippen LogP contribution in [-0.2, 0) is 9.59 Å². The Morgan fingerprint density at radius 2 is 2.05 bits per heavy atom. The zero-order chi connectivity index (χ0) is 13.7. The van der Waals surface area contributed by atoms with Crippen LogP contribution < -0.4 is 10.6 Å². The van der Waals surface area contributed by atoms with Crippen LogP contribution in [0.1, 0.15) is 39.0 Å². The van der Waals surface area contributed by atoms with Crippen molar-refractivity contribution in [2.45, 2.75) is 39.0 Å². The summed E-state index contributed by atoms with van der Waals surface area (Å²) < 4.78 is 0. The highest BCUT2D eigenvalue weighted by atomic mass is 16.2. The lowest BCUT2D eigenvalue weighted by Crippen LogP contribution is -2.43. The van der Waals surface area contributed by atoms with E-state index in [4.69, 9.17) is 0 Å². The normalized spacial score (nSPS) is 26.7. The average Bonchev–Trinajstić information content (AvgIpc) is 3.10. The first kappa shape index (κ1) is 14.3. The fraction of sp³-hybridized carbons (Fsp3) is 0.857. The molecule has 0 aromatic heterocycles. The minimum Gasteiger partial charge on any atom is -0.355 e. The molecule has 0 aromatic carbocycles. The first-order chi connectivity index (χ1) is 9.18. The van der Waals surface area contributed by atoms with Gasteiger partial charge in [0.25, 0.3) is 0 Å². The van der Waals surface area contributed by atoms with Crippen LogP contribution in [0, 0.1) is 5.41 Å². The molecule has 0 bridgehead atoms. The van der Waals surface area contributed by atoms with E-state index in [1.807, 2.05) is 4.90 Å². The third-order valence-electron chi connectivity index (χ3n) is 4.49. The Morgan fingerprint density at radius 3 is 2.63 bits per heavy atom. The Balaban J connectivity index is 1.72. The number of hydrogen-bond donors (Lipinski definition) is 2. The van der Waals surface area contributed by atoms with Gasteiger partial charge < -0.3 is 15.5 Å². The van der Waals surface area contributed by atoms with Gasteiger partial charge in [-0.25, -0.2) is 0 Å². The van der Waals surface area contributed by atoms with Crippen LogP contribution in [0.4, 0.5) is 0 Å². The highest BCUT2D eigenvalue weighted by Crippen LogP contribution is 2.29. The number of amides is 2. The molecule has 2 rings (SSSR count). The minimum atomic E-state index is -0.253. The maximum absolute atomic E-state index is 12.2. The largest absolute Gasteiger partial charge is 0.355 e. The molecule has 108 valence electrons. The number of carbonyl (C=O) groups is 2. The molecule has 2 saturated heterocycles. The smallest absolute Gasteiger partial charge is 0.227 e. The molecule has 0 aromatic rings. The van der Waals surface area contributed by atoms with Crippen molar-refractivity contribution in [1.82, 2.24) is 15.5 Å². The molecule has 1 unspecified atom stereocenters. The van der Waals surface area contributed by atoms with Gasteiger partial charge in [-0.1, -0.05) is 6.92 Å². The summed E-state index contributed by atoms with van der Waals surface area (Å²) in [5.41, 5.74) is -0.253. The summed E-state index contributed by atoms with van der Waals surface area (Å²) in [6, 6.07) is 0. The Kier molecular flexibility index (Phi) is 4.80. The maximum atomic E-state index is 12.2. The lowest BCUT2D eigenvalue weighted by atomic mass is 9.83. The Bertz CT molecular complexity index is 332. The van der Waals surface area contributed by atoms with E-state index in [0.717, 1.165) is 51.9 Å². The standard InChI is InChI=1S/C14H25N3O2/c1-2-14(6-8-15-11-14)13(19)16-7-5-12(18)17-9-3-4-10-17/h15H,2-11H2,1H3,(H,16,19). The van der Waals surface area contributed by atoms with E-state index in [1.165, 1.54) is 0 Å². The monoisotopic (exact) mass is 267 g/mol. The molecule has 5 nitrogen and oxygen atoms in total. The van der Waals surface area contributed by atoms with Gasteiger partial charge in [-0.15, -0.1) is 0 Å². The molecule has 1 atom stereocenters. The van der Waals surface area contributed by atoms with Crippen molar-refractivity contribution >= 4 is 11.8 Å². The number of rotatable bonds is 5. The molecule has 0 radical (unpaired) electrons. The Hall–Kier alpha value is -1.10. The van der Waals surface area contributed by atoms with Crippen molar-refractivity contribution in [3.8, 4) is 0 Å². The van der Waals surface area contributed by atoms with E-state index in [0.29, 0.717) is 13.0 Å². The fourth-order valence-corrected chi connectivity index (χ4v) is 2.99. The van der Waals surface area contributed by atoms with Gasteiger partial charge >= 0.3 is 0 Å². The summed E-state index contributed by atoms with van der Waals surface area (Å²) in [5, 5.41) is 6.20. The van der Waals surface area contributed by atoms with Gasteiger partial charge in [0.2, 0.25) is 11.8 Å². The van der Waals surface area contributed by atoms with Crippen LogP contribution in [-0.4, -0.2) is 49.4 Å². The fourth-order valence-electron chi connectivity index (χ4n) is 2.99. The predicted octanol–water partition coefficient (Wildman–Crippen LogP) is 0.505. The van der Waals surface area contributed by atoms with Crippen LogP contribution in [0.2, 0.25) is 0 Å². The first-order valence-corrected chi connectivity index (χ1v) is 7.45. The number of nitrogens with one attached hydrogen (secondary N) is 2. The summed E-state index contributed by atoms with van der Waals surface area (Å²) in [5.74, 6) is 0.280. The number of likely N-dealkylation sites (tertiary alicyclic amines) is 1. The van der Waals surface area contributed by atoms with Gasteiger partial charge in [-0.2, -0.15) is 0 Å². The topological polar surface area (TPSA) is 61.4 Å². The minimum absolute atomic E-state index is 0.106. The van der Waals surface area contributed by atoms with Gasteiger partial charge in [0.05, 0.1) is 5.41 Å². The molecule has 0 aliphatic carbocycles. The van der Waals surface area contributed by atoms with Crippen LogP contribution in [0.3, 0.4) is 0 Å². The molecular weight excluding hydrogens is 242 g/mol. The highest BCUT2D eigenvalue weighted by molar-refractivity contribution is 5.84. The van der Waals surface area contributed by atoms with Gasteiger partial charge in [0, 0.05) is 32.6 Å². The van der Waals surface area contributed by atoms with Crippen LogP contribution in [0.15, 0.2) is 0 Å². The van der Waals surface area contributed by atoms with Gasteiger partial charge in [0.1, 0.15) is 0 Å². The van der Waals surface area contributed by atoms with Crippen molar-refractivity contribution in [2.24, 2.45) is 5.41 Å². The zero-order valence-electron chi connectivity index (χ0n) is 11.8. The second-order valence-electron chi connectivity index (χ2n) is 5.65. The zero-order valence-corrected chi connectivity index (χ0v) is 11.8. The summed E-state index contributed by atoms with van der Waals surface area (Å²) in [6.07, 6.45) is 4.41. The summed E-state index contributed by atoms with van der Waals surface area (Å²) in [7, 11) is 0. The molecule has 0 spiro atoms. The molecule has 2 amide bonds. The molecule has 2 aliphatic rings. The van der Waals surface area contributed by atoms with Crippen molar-refractivity contribution in [3.63, 3.8) is 0 Å². The van der Waals surface area contributed by atoms with E-state index in [1.54, 1.807) is 0 Å². The number of hydrogen-bond acceptors (Lipinski definition) is 3. The van der Waals surface area contributed by atoms with E-state index in [2.05, 4.69) is 17.6 Å². The average molecular weight is 267 g/mol. The van der Waals surface area contributed by atoms with Crippen molar-refractivity contribution < 1.29 is 9.59 Å². The van der Waals surface area contributed by atoms with Crippen molar-refractivity contribution in [2.75, 3.05) is 32.7 Å². The third-order valence-corrected chi connectivity index (χ3v) is 4.49. The van der Waals surface area contributed by atoms with E-state index < -0.39 is 0 Å². The summed E-state index contributed by atoms with van der Waals surface area (Å²) >= 11 is 0. The van der Waals surface area contributed by atoms with Crippen LogP contribution in [0.5, 0.6) is 0 Å². The highest BCUT2D eigenvalue weighted by Gasteiger charge is 2.39. The Morgan fingerprint density at radius 1 is 1.32 bits per heavy atom. The summed E-state index contributed by atoms with van der Waals surface area (Å²) in [6.45, 7) is 5.96. The number of nitrogens with zero attached hydrogens (tertiary/aromatic N) is 1. The second-order valence-corrected chi connectivity index (χ2v) is 5.65. The Labute approximate surface area is 115 Å². The first-order valence-electron chi connectivity index (χ1n) is 7.45. The molecule has 2 N–H and O–H groups in total. The lowest BCUT2D eigenvalue weighted by molar-refractivity contribution is -0.131. The lowest BCUT2D eigenvalue weighted by Gasteiger charge is -2.25. The molecule has 2 heterocycles. The quantitative estimate of drug-likeness (QED) is 0.763. The molecular formula is C14H25N3O2. The maximum Gasteiger partial charge on any atom is 0.227 e. The van der Waals surface area contributed by atoms with Crippen LogP contribution in [0.25, 0.3) is 0 Å². The third kappa shape index (κ3) is 3.26. The van der Waals surface area contributed by atoms with E-state index in [-0.39, 0.29) is 17.2 Å². The van der Waals surface area contributed by atoms with Gasteiger partial charge in [-0.05, 0) is 32.2 Å². The number of carbonyl (C=O) groups excluding carboxylic acids is 2. The van der Waals surface area contributed by atoms with Gasteiger partial charge in [0.15, 0.2) is 0 Å². The predicted molar refractivity (Wildman–Crippen MR) is 73.7 cm³/mol.